The Balaban J connectivity index is 0.00000288. The van der Waals surface area contributed by atoms with Crippen molar-refractivity contribution in [1.82, 2.24) is 15.5 Å². The molecule has 2 rings (SSSR count). The Labute approximate surface area is 162 Å². The lowest BCUT2D eigenvalue weighted by atomic mass is 9.98. The molecule has 0 aromatic heterocycles. The number of halogens is 2. The standard InChI is InChI=1S/C18H29FN4.HI/c1-3-20-18(21-12-15-7-5-9-17(19)11-15)22-13-16-8-6-10-23(4-2)14-16;/h5,7,9,11,16H,3-4,6,8,10,12-14H2,1-2H3,(H2,20,21,22);1H. The van der Waals surface area contributed by atoms with E-state index in [2.05, 4.69) is 34.4 Å². The van der Waals surface area contributed by atoms with E-state index < -0.39 is 0 Å². The van der Waals surface area contributed by atoms with Crippen LogP contribution >= 0.6 is 24.0 Å². The van der Waals surface area contributed by atoms with Gasteiger partial charge >= 0.3 is 0 Å². The van der Waals surface area contributed by atoms with Crippen LogP contribution in [0.4, 0.5) is 4.39 Å². The Morgan fingerprint density at radius 1 is 1.33 bits per heavy atom. The van der Waals surface area contributed by atoms with Crippen LogP contribution < -0.4 is 10.6 Å². The zero-order chi connectivity index (χ0) is 16.5. The Morgan fingerprint density at radius 3 is 2.88 bits per heavy atom. The molecule has 1 fully saturated rings. The molecule has 0 spiro atoms. The fraction of sp³-hybridized carbons (Fsp3) is 0.611. The Morgan fingerprint density at radius 2 is 2.17 bits per heavy atom. The third-order valence-electron chi connectivity index (χ3n) is 4.26. The van der Waals surface area contributed by atoms with Crippen molar-refractivity contribution in [2.75, 3.05) is 32.7 Å². The molecule has 136 valence electrons. The monoisotopic (exact) mass is 448 g/mol. The summed E-state index contributed by atoms with van der Waals surface area (Å²) >= 11 is 0. The van der Waals surface area contributed by atoms with Crippen LogP contribution in [0.15, 0.2) is 29.3 Å². The summed E-state index contributed by atoms with van der Waals surface area (Å²) in [6.45, 7) is 10.0. The number of hydrogen-bond acceptors (Lipinski definition) is 2. The maximum absolute atomic E-state index is 13.2. The lowest BCUT2D eigenvalue weighted by molar-refractivity contribution is 0.183. The second kappa shape index (κ2) is 11.6. The number of guanidine groups is 1. The van der Waals surface area contributed by atoms with Gasteiger partial charge in [0.25, 0.3) is 0 Å². The van der Waals surface area contributed by atoms with Crippen LogP contribution in [-0.4, -0.2) is 43.6 Å². The maximum atomic E-state index is 13.2. The number of aliphatic imine (C=N–C) groups is 1. The number of likely N-dealkylation sites (tertiary alicyclic amines) is 1. The van der Waals surface area contributed by atoms with Gasteiger partial charge in [0.05, 0.1) is 6.54 Å². The largest absolute Gasteiger partial charge is 0.357 e. The van der Waals surface area contributed by atoms with E-state index >= 15 is 0 Å². The molecule has 6 heteroatoms. The molecule has 1 aromatic carbocycles. The van der Waals surface area contributed by atoms with Gasteiger partial charge in [-0.2, -0.15) is 0 Å². The van der Waals surface area contributed by atoms with E-state index in [1.54, 1.807) is 6.07 Å². The molecule has 2 N–H and O–H groups in total. The molecule has 0 saturated carbocycles. The first-order valence-electron chi connectivity index (χ1n) is 8.70. The fourth-order valence-electron chi connectivity index (χ4n) is 2.99. The van der Waals surface area contributed by atoms with Gasteiger partial charge in [-0.15, -0.1) is 24.0 Å². The summed E-state index contributed by atoms with van der Waals surface area (Å²) in [6, 6.07) is 6.62. The van der Waals surface area contributed by atoms with E-state index in [-0.39, 0.29) is 29.8 Å². The number of benzene rings is 1. The second-order valence-electron chi connectivity index (χ2n) is 6.11. The summed E-state index contributed by atoms with van der Waals surface area (Å²) < 4.78 is 13.2. The Kier molecular flexibility index (Phi) is 10.2. The highest BCUT2D eigenvalue weighted by Crippen LogP contribution is 2.15. The van der Waals surface area contributed by atoms with Crippen LogP contribution in [0, 0.1) is 11.7 Å². The SMILES string of the molecule is CCNC(=NCc1cccc(F)c1)NCC1CCCN(CC)C1.I. The van der Waals surface area contributed by atoms with Gasteiger partial charge in [0.2, 0.25) is 0 Å². The first kappa shape index (κ1) is 21.2. The fourth-order valence-corrected chi connectivity index (χ4v) is 2.99. The molecule has 24 heavy (non-hydrogen) atoms. The van der Waals surface area contributed by atoms with Gasteiger partial charge in [0, 0.05) is 19.6 Å². The molecule has 1 aliphatic rings. The van der Waals surface area contributed by atoms with Gasteiger partial charge in [-0.05, 0) is 56.5 Å². The molecular formula is C18H30FIN4. The topological polar surface area (TPSA) is 39.7 Å². The predicted octanol–water partition coefficient (Wildman–Crippen LogP) is 3.23. The summed E-state index contributed by atoms with van der Waals surface area (Å²) in [7, 11) is 0. The highest BCUT2D eigenvalue weighted by molar-refractivity contribution is 14.0. The molecule has 1 aromatic rings. The van der Waals surface area contributed by atoms with Crippen molar-refractivity contribution in [2.24, 2.45) is 10.9 Å². The minimum absolute atomic E-state index is 0. The lowest BCUT2D eigenvalue weighted by Gasteiger charge is -2.32. The van der Waals surface area contributed by atoms with Crippen LogP contribution in [0.25, 0.3) is 0 Å². The van der Waals surface area contributed by atoms with Crippen molar-refractivity contribution in [3.63, 3.8) is 0 Å². The van der Waals surface area contributed by atoms with Crippen LogP contribution in [0.2, 0.25) is 0 Å². The minimum Gasteiger partial charge on any atom is -0.357 e. The van der Waals surface area contributed by atoms with Crippen molar-refractivity contribution in [1.29, 1.82) is 0 Å². The van der Waals surface area contributed by atoms with E-state index in [0.717, 1.165) is 37.7 Å². The summed E-state index contributed by atoms with van der Waals surface area (Å²) in [5, 5.41) is 6.70. The second-order valence-corrected chi connectivity index (χ2v) is 6.11. The van der Waals surface area contributed by atoms with Gasteiger partial charge in [0.1, 0.15) is 5.82 Å². The van der Waals surface area contributed by atoms with E-state index in [1.807, 2.05) is 6.07 Å². The molecule has 1 saturated heterocycles. The molecule has 0 amide bonds. The molecule has 0 aliphatic carbocycles. The van der Waals surface area contributed by atoms with Crippen molar-refractivity contribution < 1.29 is 4.39 Å². The lowest BCUT2D eigenvalue weighted by Crippen LogP contribution is -2.44. The first-order chi connectivity index (χ1) is 11.2. The molecule has 0 bridgehead atoms. The van der Waals surface area contributed by atoms with Crippen LogP contribution in [-0.2, 0) is 6.54 Å². The minimum atomic E-state index is -0.211. The van der Waals surface area contributed by atoms with E-state index in [1.165, 1.54) is 31.5 Å². The zero-order valence-electron chi connectivity index (χ0n) is 14.7. The van der Waals surface area contributed by atoms with Crippen LogP contribution in [0.3, 0.4) is 0 Å². The number of nitrogens with zero attached hydrogens (tertiary/aromatic N) is 2. The molecule has 1 aliphatic heterocycles. The highest BCUT2D eigenvalue weighted by atomic mass is 127. The average Bonchev–Trinajstić information content (AvgIpc) is 2.57. The van der Waals surface area contributed by atoms with Crippen molar-refractivity contribution in [2.45, 2.75) is 33.2 Å². The highest BCUT2D eigenvalue weighted by Gasteiger charge is 2.18. The van der Waals surface area contributed by atoms with Gasteiger partial charge in [0.15, 0.2) is 5.96 Å². The molecule has 1 unspecified atom stereocenters. The number of piperidine rings is 1. The maximum Gasteiger partial charge on any atom is 0.191 e. The van der Waals surface area contributed by atoms with Crippen molar-refractivity contribution in [3.05, 3.63) is 35.6 Å². The Hall–Kier alpha value is -0.890. The van der Waals surface area contributed by atoms with Crippen LogP contribution in [0.1, 0.15) is 32.3 Å². The van der Waals surface area contributed by atoms with E-state index in [0.29, 0.717) is 12.5 Å². The van der Waals surface area contributed by atoms with Gasteiger partial charge < -0.3 is 15.5 Å². The van der Waals surface area contributed by atoms with E-state index in [9.17, 15) is 4.39 Å². The van der Waals surface area contributed by atoms with Crippen LogP contribution in [0.5, 0.6) is 0 Å². The quantitative estimate of drug-likeness (QED) is 0.399. The number of nitrogens with one attached hydrogen (secondary N) is 2. The van der Waals surface area contributed by atoms with Gasteiger partial charge in [-0.1, -0.05) is 19.1 Å². The zero-order valence-corrected chi connectivity index (χ0v) is 17.1. The first-order valence-corrected chi connectivity index (χ1v) is 8.70. The number of hydrogen-bond donors (Lipinski definition) is 2. The average molecular weight is 448 g/mol. The predicted molar refractivity (Wildman–Crippen MR) is 109 cm³/mol. The smallest absolute Gasteiger partial charge is 0.191 e. The van der Waals surface area contributed by atoms with Gasteiger partial charge in [-0.3, -0.25) is 0 Å². The van der Waals surface area contributed by atoms with Crippen molar-refractivity contribution in [3.8, 4) is 0 Å². The van der Waals surface area contributed by atoms with Gasteiger partial charge in [-0.25, -0.2) is 9.38 Å². The normalized spacial score (nSPS) is 18.8. The van der Waals surface area contributed by atoms with Crippen molar-refractivity contribution >= 4 is 29.9 Å². The molecule has 1 atom stereocenters. The molecule has 0 radical (unpaired) electrons. The summed E-state index contributed by atoms with van der Waals surface area (Å²) in [4.78, 5) is 7.07. The molecule has 4 nitrogen and oxygen atoms in total. The molecule has 1 heterocycles. The third kappa shape index (κ3) is 7.34. The Bertz CT molecular complexity index is 510. The number of rotatable bonds is 6. The molecular weight excluding hydrogens is 418 g/mol. The third-order valence-corrected chi connectivity index (χ3v) is 4.26. The summed E-state index contributed by atoms with van der Waals surface area (Å²) in [6.07, 6.45) is 2.55. The summed E-state index contributed by atoms with van der Waals surface area (Å²) in [5.74, 6) is 1.27. The summed E-state index contributed by atoms with van der Waals surface area (Å²) in [5.41, 5.74) is 0.886. The van der Waals surface area contributed by atoms with E-state index in [4.69, 9.17) is 0 Å².